The van der Waals surface area contributed by atoms with Gasteiger partial charge in [-0.1, -0.05) is 50.1 Å². The number of hydrogen-bond acceptors (Lipinski definition) is 2. The Kier molecular flexibility index (Phi) is 3.29. The maximum absolute atomic E-state index is 10.5. The fourth-order valence-electron chi connectivity index (χ4n) is 0.808. The van der Waals surface area contributed by atoms with Gasteiger partial charge in [-0.25, -0.2) is 0 Å². The van der Waals surface area contributed by atoms with Crippen LogP contribution >= 0.6 is 31.9 Å². The monoisotopic (exact) mass is 291 g/mol. The molecule has 0 heterocycles. The Morgan fingerprint density at radius 2 is 2.00 bits per heavy atom. The number of halogens is 2. The fourth-order valence-corrected chi connectivity index (χ4v) is 2.03. The molecule has 0 amide bonds. The molecule has 0 fully saturated rings. The smallest absolute Gasteiger partial charge is 0.0801 e. The summed E-state index contributed by atoms with van der Waals surface area (Å²) in [5, 5.41) is 10.5. The minimum Gasteiger partial charge on any atom is -0.549 e. The molecular formula is C8H5Br2O2-. The third kappa shape index (κ3) is 2.08. The van der Waals surface area contributed by atoms with E-state index in [0.717, 1.165) is 4.47 Å². The first-order valence-corrected chi connectivity index (χ1v) is 4.93. The van der Waals surface area contributed by atoms with Crippen LogP contribution in [0.4, 0.5) is 0 Å². The zero-order chi connectivity index (χ0) is 9.14. The summed E-state index contributed by atoms with van der Waals surface area (Å²) in [6.07, 6.45) is 0. The van der Waals surface area contributed by atoms with E-state index in [9.17, 15) is 9.90 Å². The number of carbonyl (C=O) groups is 1. The summed E-state index contributed by atoms with van der Waals surface area (Å²) in [6, 6.07) is 7.10. The second-order valence-electron chi connectivity index (χ2n) is 2.20. The first-order chi connectivity index (χ1) is 5.63. The van der Waals surface area contributed by atoms with Crippen LogP contribution in [0.2, 0.25) is 0 Å². The normalized spacial score (nSPS) is 12.5. The summed E-state index contributed by atoms with van der Waals surface area (Å²) < 4.78 is 0.760. The molecule has 0 saturated heterocycles. The zero-order valence-corrected chi connectivity index (χ0v) is 9.13. The van der Waals surface area contributed by atoms with Crippen molar-refractivity contribution in [3.63, 3.8) is 0 Å². The molecule has 2 nitrogen and oxygen atoms in total. The number of hydrogen-bond donors (Lipinski definition) is 0. The summed E-state index contributed by atoms with van der Waals surface area (Å²) in [5.74, 6) is -1.14. The minimum atomic E-state index is -1.14. The van der Waals surface area contributed by atoms with Gasteiger partial charge in [0.25, 0.3) is 0 Å². The van der Waals surface area contributed by atoms with E-state index >= 15 is 0 Å². The number of carboxylic acid groups (broad SMARTS) is 1. The Morgan fingerprint density at radius 1 is 1.42 bits per heavy atom. The van der Waals surface area contributed by atoms with Crippen LogP contribution in [0, 0.1) is 0 Å². The molecule has 0 N–H and O–H groups in total. The summed E-state index contributed by atoms with van der Waals surface area (Å²) in [6.45, 7) is 0. The molecule has 0 radical (unpaired) electrons. The van der Waals surface area contributed by atoms with E-state index in [2.05, 4.69) is 31.9 Å². The molecule has 0 aromatic heterocycles. The maximum Gasteiger partial charge on any atom is 0.0801 e. The average Bonchev–Trinajstić information content (AvgIpc) is 2.04. The van der Waals surface area contributed by atoms with Gasteiger partial charge >= 0.3 is 0 Å². The second kappa shape index (κ2) is 4.05. The van der Waals surface area contributed by atoms with E-state index < -0.39 is 10.8 Å². The van der Waals surface area contributed by atoms with Gasteiger partial charge in [0, 0.05) is 4.47 Å². The number of alkyl halides is 1. The van der Waals surface area contributed by atoms with Crippen LogP contribution < -0.4 is 5.11 Å². The topological polar surface area (TPSA) is 40.1 Å². The van der Waals surface area contributed by atoms with Crippen molar-refractivity contribution in [1.82, 2.24) is 0 Å². The number of aliphatic carboxylic acids is 1. The molecule has 0 aliphatic carbocycles. The third-order valence-electron chi connectivity index (χ3n) is 1.39. The van der Waals surface area contributed by atoms with E-state index in [1.807, 2.05) is 6.07 Å². The highest BCUT2D eigenvalue weighted by atomic mass is 79.9. The Morgan fingerprint density at radius 3 is 2.50 bits per heavy atom. The first kappa shape index (κ1) is 9.74. The predicted octanol–water partition coefficient (Wildman–Crippen LogP) is 1.64. The molecular weight excluding hydrogens is 288 g/mol. The highest BCUT2D eigenvalue weighted by Gasteiger charge is 2.10. The van der Waals surface area contributed by atoms with Crippen LogP contribution in [0.5, 0.6) is 0 Å². The third-order valence-corrected chi connectivity index (χ3v) is 2.97. The van der Waals surface area contributed by atoms with Crippen molar-refractivity contribution in [3.05, 3.63) is 34.3 Å². The number of rotatable bonds is 2. The van der Waals surface area contributed by atoms with Crippen molar-refractivity contribution in [2.45, 2.75) is 4.83 Å². The zero-order valence-electron chi connectivity index (χ0n) is 5.96. The minimum absolute atomic E-state index is 0.664. The molecule has 1 aromatic rings. The molecule has 12 heavy (non-hydrogen) atoms. The van der Waals surface area contributed by atoms with E-state index in [-0.39, 0.29) is 0 Å². The quantitative estimate of drug-likeness (QED) is 0.778. The van der Waals surface area contributed by atoms with Crippen molar-refractivity contribution in [1.29, 1.82) is 0 Å². The summed E-state index contributed by atoms with van der Waals surface area (Å²) in [5.41, 5.74) is 0.664. The molecule has 0 spiro atoms. The van der Waals surface area contributed by atoms with Gasteiger partial charge in [-0.2, -0.15) is 0 Å². The lowest BCUT2D eigenvalue weighted by Crippen LogP contribution is -2.26. The van der Waals surface area contributed by atoms with E-state index in [0.29, 0.717) is 5.56 Å². The van der Waals surface area contributed by atoms with Crippen molar-refractivity contribution in [3.8, 4) is 0 Å². The van der Waals surface area contributed by atoms with Gasteiger partial charge in [0.2, 0.25) is 0 Å². The van der Waals surface area contributed by atoms with Gasteiger partial charge in [0.15, 0.2) is 0 Å². The van der Waals surface area contributed by atoms with Crippen LogP contribution in [0.25, 0.3) is 0 Å². The lowest BCUT2D eigenvalue weighted by atomic mass is 10.1. The Labute approximate surface area is 86.9 Å². The molecule has 1 rings (SSSR count). The lowest BCUT2D eigenvalue weighted by Gasteiger charge is -2.12. The van der Waals surface area contributed by atoms with E-state index in [1.165, 1.54) is 0 Å². The molecule has 1 unspecified atom stereocenters. The molecule has 1 atom stereocenters. The number of benzene rings is 1. The van der Waals surface area contributed by atoms with Crippen molar-refractivity contribution < 1.29 is 9.90 Å². The summed E-state index contributed by atoms with van der Waals surface area (Å²) >= 11 is 6.25. The standard InChI is InChI=1S/C8H6Br2O2/c9-6-4-2-1-3-5(6)7(10)8(11)12/h1-4,7H,(H,11,12)/p-1. The highest BCUT2D eigenvalue weighted by molar-refractivity contribution is 9.11. The van der Waals surface area contributed by atoms with Crippen LogP contribution in [0.15, 0.2) is 28.7 Å². The SMILES string of the molecule is O=C([O-])C(Br)c1ccccc1Br. The fraction of sp³-hybridized carbons (Fsp3) is 0.125. The van der Waals surface area contributed by atoms with Gasteiger partial charge < -0.3 is 9.90 Å². The largest absolute Gasteiger partial charge is 0.549 e. The van der Waals surface area contributed by atoms with Crippen LogP contribution in [0.1, 0.15) is 10.4 Å². The van der Waals surface area contributed by atoms with Crippen molar-refractivity contribution >= 4 is 37.8 Å². The average molecular weight is 293 g/mol. The first-order valence-electron chi connectivity index (χ1n) is 3.22. The number of carbonyl (C=O) groups excluding carboxylic acids is 1. The van der Waals surface area contributed by atoms with Gasteiger partial charge in [-0.15, -0.1) is 0 Å². The van der Waals surface area contributed by atoms with Gasteiger partial charge in [0.05, 0.1) is 10.8 Å². The molecule has 0 saturated carbocycles. The predicted molar refractivity (Wildman–Crippen MR) is 50.8 cm³/mol. The van der Waals surface area contributed by atoms with Gasteiger partial charge in [-0.3, -0.25) is 0 Å². The lowest BCUT2D eigenvalue weighted by molar-refractivity contribution is -0.304. The maximum atomic E-state index is 10.5. The molecule has 4 heteroatoms. The number of carboxylic acids is 1. The second-order valence-corrected chi connectivity index (χ2v) is 3.97. The van der Waals surface area contributed by atoms with Crippen LogP contribution in [-0.4, -0.2) is 5.97 Å². The van der Waals surface area contributed by atoms with E-state index in [4.69, 9.17) is 0 Å². The molecule has 64 valence electrons. The molecule has 1 aromatic carbocycles. The van der Waals surface area contributed by atoms with Crippen LogP contribution in [0.3, 0.4) is 0 Å². The van der Waals surface area contributed by atoms with E-state index in [1.54, 1.807) is 18.2 Å². The Hall–Kier alpha value is -0.350. The Bertz CT molecular complexity index is 299. The van der Waals surface area contributed by atoms with Crippen LogP contribution in [-0.2, 0) is 4.79 Å². The van der Waals surface area contributed by atoms with Gasteiger partial charge in [-0.05, 0) is 11.6 Å². The molecule has 0 aliphatic rings. The summed E-state index contributed by atoms with van der Waals surface area (Å²) in [7, 11) is 0. The Balaban J connectivity index is 3.02. The highest BCUT2D eigenvalue weighted by Crippen LogP contribution is 2.28. The van der Waals surface area contributed by atoms with Gasteiger partial charge in [0.1, 0.15) is 0 Å². The molecule has 0 aliphatic heterocycles. The molecule has 0 bridgehead atoms. The van der Waals surface area contributed by atoms with Crippen molar-refractivity contribution in [2.24, 2.45) is 0 Å². The van der Waals surface area contributed by atoms with Crippen molar-refractivity contribution in [2.75, 3.05) is 0 Å². The summed E-state index contributed by atoms with van der Waals surface area (Å²) in [4.78, 5) is 9.72.